The van der Waals surface area contributed by atoms with E-state index >= 15 is 0 Å². The Bertz CT molecular complexity index is 115. The predicted octanol–water partition coefficient (Wildman–Crippen LogP) is 1.32. The highest BCUT2D eigenvalue weighted by atomic mass is 19.3. The van der Waals surface area contributed by atoms with Crippen LogP contribution in [0.4, 0.5) is 8.78 Å². The first-order chi connectivity index (χ1) is 5.22. The highest BCUT2D eigenvalue weighted by molar-refractivity contribution is 4.79. The average Bonchev–Trinajstić information content (AvgIpc) is 1.82. The summed E-state index contributed by atoms with van der Waals surface area (Å²) in [6.45, 7) is 1.78. The van der Waals surface area contributed by atoms with E-state index in [1.54, 1.807) is 0 Å². The summed E-state index contributed by atoms with van der Waals surface area (Å²) < 4.78 is 27.4. The fourth-order valence-corrected chi connectivity index (χ4v) is 1.25. The van der Waals surface area contributed by atoms with E-state index in [2.05, 4.69) is 16.6 Å². The van der Waals surface area contributed by atoms with Gasteiger partial charge in [-0.15, -0.1) is 0 Å². The van der Waals surface area contributed by atoms with Gasteiger partial charge in [0.05, 0.1) is 6.10 Å². The maximum atomic E-state index is 11.6. The monoisotopic (exact) mass is 165 g/mol. The number of likely N-dealkylation sites (tertiary alicyclic amines) is 1. The molecular weight excluding hydrogens is 152 g/mol. The van der Waals surface area contributed by atoms with Crippen molar-refractivity contribution in [3.05, 3.63) is 0 Å². The van der Waals surface area contributed by atoms with Gasteiger partial charge in [0.1, 0.15) is 0 Å². The lowest BCUT2D eigenvalue weighted by Gasteiger charge is -2.38. The second-order valence-electron chi connectivity index (χ2n) is 2.78. The zero-order chi connectivity index (χ0) is 8.27. The van der Waals surface area contributed by atoms with Crippen molar-refractivity contribution in [2.24, 2.45) is 0 Å². The van der Waals surface area contributed by atoms with Crippen LogP contribution in [0, 0.1) is 0 Å². The quantitative estimate of drug-likeness (QED) is 0.623. The van der Waals surface area contributed by atoms with Gasteiger partial charge in [-0.25, -0.2) is 0 Å². The zero-order valence-corrected chi connectivity index (χ0v) is 6.59. The average molecular weight is 165 g/mol. The van der Waals surface area contributed by atoms with Crippen LogP contribution >= 0.6 is 0 Å². The van der Waals surface area contributed by atoms with E-state index in [4.69, 9.17) is 0 Å². The fourth-order valence-electron chi connectivity index (χ4n) is 1.25. The molecule has 11 heavy (non-hydrogen) atoms. The highest BCUT2D eigenvalue weighted by Crippen LogP contribution is 2.14. The molecule has 0 radical (unpaired) electrons. The minimum atomic E-state index is -2.61. The molecule has 1 aliphatic rings. The number of ether oxygens (including phenoxy) is 1. The summed E-state index contributed by atoms with van der Waals surface area (Å²) in [5.41, 5.74) is 0. The van der Waals surface area contributed by atoms with Crippen molar-refractivity contribution in [3.8, 4) is 0 Å². The van der Waals surface area contributed by atoms with Gasteiger partial charge < -0.3 is 4.74 Å². The second-order valence-corrected chi connectivity index (χ2v) is 2.78. The van der Waals surface area contributed by atoms with Crippen molar-refractivity contribution < 1.29 is 13.5 Å². The Balaban J connectivity index is 2.00. The summed E-state index contributed by atoms with van der Waals surface area (Å²) in [6, 6.07) is 0. The van der Waals surface area contributed by atoms with Gasteiger partial charge in [0.25, 0.3) is 0 Å². The smallest absolute Gasteiger partial charge is 0.317 e. The molecule has 0 amide bonds. The Morgan fingerprint density at radius 2 is 2.18 bits per heavy atom. The number of hydrogen-bond acceptors (Lipinski definition) is 2. The lowest BCUT2D eigenvalue weighted by atomic mass is 10.1. The highest BCUT2D eigenvalue weighted by Gasteiger charge is 2.28. The van der Waals surface area contributed by atoms with Gasteiger partial charge in [0, 0.05) is 13.1 Å². The Labute approximate surface area is 65.1 Å². The summed E-state index contributed by atoms with van der Waals surface area (Å²) in [5, 5.41) is 0. The summed E-state index contributed by atoms with van der Waals surface area (Å²) in [5.74, 6) is 0. The normalized spacial score (nSPS) is 20.7. The predicted molar refractivity (Wildman–Crippen MR) is 37.6 cm³/mol. The minimum absolute atomic E-state index is 0.235. The van der Waals surface area contributed by atoms with Gasteiger partial charge in [-0.2, -0.15) is 8.78 Å². The van der Waals surface area contributed by atoms with E-state index in [1.165, 1.54) is 0 Å². The number of halogens is 2. The van der Waals surface area contributed by atoms with Crippen molar-refractivity contribution in [1.29, 1.82) is 0 Å². The molecular formula is C7H13F2NO. The molecule has 0 N–H and O–H groups in total. The van der Waals surface area contributed by atoms with E-state index in [0.29, 0.717) is 13.1 Å². The van der Waals surface area contributed by atoms with Crippen molar-refractivity contribution in [2.45, 2.75) is 26.1 Å². The Kier molecular flexibility index (Phi) is 3.20. The first kappa shape index (κ1) is 8.87. The molecule has 0 aromatic carbocycles. The van der Waals surface area contributed by atoms with Gasteiger partial charge in [-0.3, -0.25) is 4.90 Å². The Morgan fingerprint density at radius 1 is 1.55 bits per heavy atom. The van der Waals surface area contributed by atoms with E-state index in [1.807, 2.05) is 0 Å². The van der Waals surface area contributed by atoms with Crippen LogP contribution in [-0.2, 0) is 4.74 Å². The number of nitrogens with zero attached hydrogens (tertiary/aromatic N) is 1. The molecule has 66 valence electrons. The summed E-state index contributed by atoms with van der Waals surface area (Å²) in [7, 11) is 0. The van der Waals surface area contributed by atoms with Gasteiger partial charge in [-0.1, -0.05) is 6.92 Å². The van der Waals surface area contributed by atoms with Gasteiger partial charge in [0.2, 0.25) is 0 Å². The third kappa shape index (κ3) is 2.71. The molecule has 1 aliphatic heterocycles. The van der Waals surface area contributed by atoms with Crippen LogP contribution in [0.25, 0.3) is 0 Å². The summed E-state index contributed by atoms with van der Waals surface area (Å²) in [4.78, 5) is 2.10. The summed E-state index contributed by atoms with van der Waals surface area (Å²) >= 11 is 0. The van der Waals surface area contributed by atoms with Crippen LogP contribution in [0.15, 0.2) is 0 Å². The SMILES string of the molecule is CCCN1CC(OC(F)F)C1. The molecule has 0 aliphatic carbocycles. The zero-order valence-electron chi connectivity index (χ0n) is 6.59. The van der Waals surface area contributed by atoms with Crippen LogP contribution < -0.4 is 0 Å². The number of hydrogen-bond donors (Lipinski definition) is 0. The van der Waals surface area contributed by atoms with Crippen molar-refractivity contribution in [2.75, 3.05) is 19.6 Å². The molecule has 1 saturated heterocycles. The van der Waals surface area contributed by atoms with Crippen molar-refractivity contribution in [1.82, 2.24) is 4.90 Å². The fraction of sp³-hybridized carbons (Fsp3) is 1.00. The van der Waals surface area contributed by atoms with Crippen molar-refractivity contribution in [3.63, 3.8) is 0 Å². The molecule has 0 aromatic heterocycles. The molecule has 0 atom stereocenters. The van der Waals surface area contributed by atoms with E-state index < -0.39 is 6.61 Å². The third-order valence-corrected chi connectivity index (χ3v) is 1.76. The molecule has 0 unspecified atom stereocenters. The van der Waals surface area contributed by atoms with Crippen LogP contribution in [0.3, 0.4) is 0 Å². The van der Waals surface area contributed by atoms with Gasteiger partial charge >= 0.3 is 6.61 Å². The van der Waals surface area contributed by atoms with E-state index in [-0.39, 0.29) is 6.10 Å². The molecule has 0 saturated carbocycles. The standard InChI is InChI=1S/C7H13F2NO/c1-2-3-10-4-6(5-10)11-7(8)9/h6-7H,2-5H2,1H3. The number of rotatable bonds is 4. The molecule has 0 bridgehead atoms. The maximum absolute atomic E-state index is 11.6. The topological polar surface area (TPSA) is 12.5 Å². The first-order valence-corrected chi connectivity index (χ1v) is 3.88. The second kappa shape index (κ2) is 3.97. The van der Waals surface area contributed by atoms with Crippen LogP contribution in [0.5, 0.6) is 0 Å². The van der Waals surface area contributed by atoms with E-state index in [0.717, 1.165) is 13.0 Å². The Hall–Kier alpha value is -0.220. The van der Waals surface area contributed by atoms with Gasteiger partial charge in [0.15, 0.2) is 0 Å². The Morgan fingerprint density at radius 3 is 2.64 bits per heavy atom. The molecule has 4 heteroatoms. The first-order valence-electron chi connectivity index (χ1n) is 3.88. The molecule has 1 fully saturated rings. The minimum Gasteiger partial charge on any atom is -0.317 e. The molecule has 0 spiro atoms. The third-order valence-electron chi connectivity index (χ3n) is 1.76. The van der Waals surface area contributed by atoms with E-state index in [9.17, 15) is 8.78 Å². The lowest BCUT2D eigenvalue weighted by Crippen LogP contribution is -2.52. The molecule has 0 aromatic rings. The summed E-state index contributed by atoms with van der Waals surface area (Å²) in [6.07, 6.45) is 0.836. The van der Waals surface area contributed by atoms with Crippen LogP contribution in [0.2, 0.25) is 0 Å². The van der Waals surface area contributed by atoms with Crippen LogP contribution in [0.1, 0.15) is 13.3 Å². The van der Waals surface area contributed by atoms with Gasteiger partial charge in [-0.05, 0) is 13.0 Å². The molecule has 2 nitrogen and oxygen atoms in total. The molecule has 1 rings (SSSR count). The molecule has 1 heterocycles. The largest absolute Gasteiger partial charge is 0.345 e. The number of alkyl halides is 2. The van der Waals surface area contributed by atoms with Crippen LogP contribution in [-0.4, -0.2) is 37.2 Å². The lowest BCUT2D eigenvalue weighted by molar-refractivity contribution is -0.195. The van der Waals surface area contributed by atoms with Crippen molar-refractivity contribution >= 4 is 0 Å². The maximum Gasteiger partial charge on any atom is 0.345 e.